The van der Waals surface area contributed by atoms with Gasteiger partial charge in [0.15, 0.2) is 11.5 Å². The van der Waals surface area contributed by atoms with E-state index in [1.54, 1.807) is 30.3 Å². The summed E-state index contributed by atoms with van der Waals surface area (Å²) in [5, 5.41) is 0.788. The summed E-state index contributed by atoms with van der Waals surface area (Å²) in [5.41, 5.74) is 1.43. The average Bonchev–Trinajstić information content (AvgIpc) is 2.66. The second-order valence-corrected chi connectivity index (χ2v) is 6.13. The third kappa shape index (κ3) is 4.06. The Morgan fingerprint density at radius 2 is 1.93 bits per heavy atom. The molecular formula is C20H18ClNO5. The molecule has 3 aromatic rings. The zero-order valence-corrected chi connectivity index (χ0v) is 15.7. The number of methoxy groups -OCH3 is 1. The lowest BCUT2D eigenvalue weighted by Crippen LogP contribution is -2.14. The Morgan fingerprint density at radius 3 is 2.67 bits per heavy atom. The van der Waals surface area contributed by atoms with Gasteiger partial charge in [-0.2, -0.15) is 0 Å². The zero-order chi connectivity index (χ0) is 19.4. The number of nitrogens with zero attached hydrogens (tertiary/aromatic N) is 1. The number of ether oxygens (including phenoxy) is 2. The first-order chi connectivity index (χ1) is 13.0. The molecule has 0 amide bonds. The predicted molar refractivity (Wildman–Crippen MR) is 105 cm³/mol. The van der Waals surface area contributed by atoms with Crippen molar-refractivity contribution >= 4 is 39.9 Å². The quantitative estimate of drug-likeness (QED) is 0.274. The number of esters is 1. The molecule has 7 heteroatoms. The smallest absolute Gasteiger partial charge is 0.338 e. The molecule has 27 heavy (non-hydrogen) atoms. The summed E-state index contributed by atoms with van der Waals surface area (Å²) in [7, 11) is 3.31. The second-order valence-electron chi connectivity index (χ2n) is 5.75. The van der Waals surface area contributed by atoms with Gasteiger partial charge >= 0.3 is 11.6 Å². The molecule has 3 rings (SSSR count). The first kappa shape index (κ1) is 18.8. The number of carbonyl (C=O) groups excluding carboxylic acids is 1. The lowest BCUT2D eigenvalue weighted by atomic mass is 10.1. The van der Waals surface area contributed by atoms with Crippen molar-refractivity contribution in [2.75, 3.05) is 24.9 Å². The van der Waals surface area contributed by atoms with E-state index in [4.69, 9.17) is 25.5 Å². The van der Waals surface area contributed by atoms with Gasteiger partial charge in [0.2, 0.25) is 0 Å². The number of benzene rings is 2. The number of anilines is 2. The van der Waals surface area contributed by atoms with Crippen molar-refractivity contribution in [3.05, 3.63) is 59.0 Å². The number of carbonyl (C=O) groups is 1. The van der Waals surface area contributed by atoms with Crippen molar-refractivity contribution in [1.82, 2.24) is 0 Å². The van der Waals surface area contributed by atoms with Gasteiger partial charge in [-0.15, -0.1) is 11.6 Å². The van der Waals surface area contributed by atoms with Crippen LogP contribution in [0.15, 0.2) is 57.7 Å². The van der Waals surface area contributed by atoms with Gasteiger partial charge in [-0.1, -0.05) is 12.1 Å². The fourth-order valence-electron chi connectivity index (χ4n) is 2.72. The van der Waals surface area contributed by atoms with Crippen LogP contribution >= 0.6 is 11.6 Å². The topological polar surface area (TPSA) is 69.0 Å². The molecule has 0 fully saturated rings. The van der Waals surface area contributed by atoms with Gasteiger partial charge in [0.1, 0.15) is 5.58 Å². The van der Waals surface area contributed by atoms with Gasteiger partial charge in [-0.05, 0) is 24.3 Å². The zero-order valence-electron chi connectivity index (χ0n) is 14.9. The van der Waals surface area contributed by atoms with Crippen LogP contribution in [-0.4, -0.2) is 26.0 Å². The molecule has 0 radical (unpaired) electrons. The Balaban J connectivity index is 2.04. The molecule has 0 bridgehead atoms. The van der Waals surface area contributed by atoms with E-state index in [-0.39, 0.29) is 18.1 Å². The third-order valence-electron chi connectivity index (χ3n) is 4.05. The van der Waals surface area contributed by atoms with Crippen LogP contribution in [0.3, 0.4) is 0 Å². The van der Waals surface area contributed by atoms with Crippen molar-refractivity contribution in [1.29, 1.82) is 0 Å². The highest BCUT2D eigenvalue weighted by Gasteiger charge is 2.15. The number of fused-ring (bicyclic) bond motifs is 1. The molecule has 0 atom stereocenters. The van der Waals surface area contributed by atoms with Crippen molar-refractivity contribution in [2.24, 2.45) is 0 Å². The monoisotopic (exact) mass is 387 g/mol. The molecule has 0 saturated carbocycles. The lowest BCUT2D eigenvalue weighted by molar-refractivity contribution is -0.134. The van der Waals surface area contributed by atoms with Crippen LogP contribution in [0.4, 0.5) is 11.4 Å². The van der Waals surface area contributed by atoms with E-state index in [1.165, 1.54) is 13.2 Å². The number of rotatable bonds is 6. The van der Waals surface area contributed by atoms with Crippen LogP contribution in [0.25, 0.3) is 11.0 Å². The molecule has 0 aliphatic heterocycles. The Kier molecular flexibility index (Phi) is 5.66. The summed E-state index contributed by atoms with van der Waals surface area (Å²) >= 11 is 5.59. The van der Waals surface area contributed by atoms with Gasteiger partial charge in [0, 0.05) is 36.1 Å². The molecule has 0 N–H and O–H groups in total. The molecule has 0 aliphatic rings. The third-order valence-corrected chi connectivity index (χ3v) is 4.24. The van der Waals surface area contributed by atoms with Gasteiger partial charge in [0.05, 0.1) is 19.2 Å². The van der Waals surface area contributed by atoms with Gasteiger partial charge in [0.25, 0.3) is 0 Å². The van der Waals surface area contributed by atoms with E-state index >= 15 is 0 Å². The van der Waals surface area contributed by atoms with Crippen molar-refractivity contribution < 1.29 is 18.7 Å². The number of para-hydroxylation sites is 1. The van der Waals surface area contributed by atoms with Crippen molar-refractivity contribution in [3.63, 3.8) is 0 Å². The maximum absolute atomic E-state index is 11.9. The standard InChI is InChI=1S/C20H18ClNO5/c1-22(15-12-20(24)26-16-6-4-3-5-14(15)16)13-7-8-17(25-2)18(11-13)27-19(23)9-10-21/h3-8,11-12H,9-10H2,1-2H3. The summed E-state index contributed by atoms with van der Waals surface area (Å²) in [6, 6.07) is 13.9. The molecule has 1 heterocycles. The molecule has 0 saturated heterocycles. The normalized spacial score (nSPS) is 10.6. The number of hydrogen-bond donors (Lipinski definition) is 0. The summed E-state index contributed by atoms with van der Waals surface area (Å²) in [6.45, 7) is 0. The van der Waals surface area contributed by atoms with Crippen LogP contribution in [0, 0.1) is 0 Å². The molecule has 140 valence electrons. The molecule has 6 nitrogen and oxygen atoms in total. The maximum atomic E-state index is 11.9. The largest absolute Gasteiger partial charge is 0.493 e. The summed E-state index contributed by atoms with van der Waals surface area (Å²) in [4.78, 5) is 25.6. The van der Waals surface area contributed by atoms with Crippen LogP contribution in [0.5, 0.6) is 11.5 Å². The van der Waals surface area contributed by atoms with Crippen LogP contribution in [0.1, 0.15) is 6.42 Å². The molecule has 0 unspecified atom stereocenters. The predicted octanol–water partition coefficient (Wildman–Crippen LogP) is 4.10. The highest BCUT2D eigenvalue weighted by Crippen LogP contribution is 2.36. The number of halogens is 1. The highest BCUT2D eigenvalue weighted by molar-refractivity contribution is 6.18. The first-order valence-corrected chi connectivity index (χ1v) is 8.78. The van der Waals surface area contributed by atoms with Crippen LogP contribution in [-0.2, 0) is 4.79 Å². The molecule has 0 aliphatic carbocycles. The van der Waals surface area contributed by atoms with Gasteiger partial charge in [-0.3, -0.25) is 4.79 Å². The minimum absolute atomic E-state index is 0.0924. The van der Waals surface area contributed by atoms with E-state index in [2.05, 4.69) is 0 Å². The molecule has 0 spiro atoms. The van der Waals surface area contributed by atoms with E-state index in [0.29, 0.717) is 22.7 Å². The first-order valence-electron chi connectivity index (χ1n) is 8.25. The van der Waals surface area contributed by atoms with Crippen molar-refractivity contribution in [3.8, 4) is 11.5 Å². The Morgan fingerprint density at radius 1 is 1.15 bits per heavy atom. The van der Waals surface area contributed by atoms with Crippen LogP contribution < -0.4 is 20.0 Å². The van der Waals surface area contributed by atoms with Crippen LogP contribution in [0.2, 0.25) is 0 Å². The molecule has 1 aromatic heterocycles. The Labute approximate surface area is 160 Å². The second kappa shape index (κ2) is 8.14. The fourth-order valence-corrected chi connectivity index (χ4v) is 2.87. The Bertz CT molecular complexity index is 1030. The van der Waals surface area contributed by atoms with Gasteiger partial charge < -0.3 is 18.8 Å². The Hall–Kier alpha value is -2.99. The highest BCUT2D eigenvalue weighted by atomic mass is 35.5. The van der Waals surface area contributed by atoms with E-state index < -0.39 is 11.6 Å². The summed E-state index contributed by atoms with van der Waals surface area (Å²) in [5.74, 6) is 0.428. The number of alkyl halides is 1. The van der Waals surface area contributed by atoms with E-state index in [9.17, 15) is 9.59 Å². The minimum Gasteiger partial charge on any atom is -0.493 e. The van der Waals surface area contributed by atoms with E-state index in [0.717, 1.165) is 5.39 Å². The SMILES string of the molecule is COc1ccc(N(C)c2cc(=O)oc3ccccc23)cc1OC(=O)CCCl. The van der Waals surface area contributed by atoms with Crippen molar-refractivity contribution in [2.45, 2.75) is 6.42 Å². The average molecular weight is 388 g/mol. The lowest BCUT2D eigenvalue weighted by Gasteiger charge is -2.22. The maximum Gasteiger partial charge on any atom is 0.338 e. The van der Waals surface area contributed by atoms with Gasteiger partial charge in [-0.25, -0.2) is 4.79 Å². The summed E-state index contributed by atoms with van der Waals surface area (Å²) < 4.78 is 15.9. The number of hydrogen-bond acceptors (Lipinski definition) is 6. The fraction of sp³-hybridized carbons (Fsp3) is 0.200. The molecular weight excluding hydrogens is 370 g/mol. The van der Waals surface area contributed by atoms with E-state index in [1.807, 2.05) is 24.1 Å². The molecule has 2 aromatic carbocycles. The summed E-state index contributed by atoms with van der Waals surface area (Å²) in [6.07, 6.45) is 0.0924. The minimum atomic E-state index is -0.450.